The van der Waals surface area contributed by atoms with Gasteiger partial charge in [-0.05, 0) is 31.0 Å². The highest BCUT2D eigenvalue weighted by molar-refractivity contribution is 5.99. The summed E-state index contributed by atoms with van der Waals surface area (Å²) in [5.41, 5.74) is 7.02. The van der Waals surface area contributed by atoms with Crippen molar-refractivity contribution in [3.63, 3.8) is 0 Å². The number of benzene rings is 1. The number of rotatable bonds is 2. The summed E-state index contributed by atoms with van der Waals surface area (Å²) in [6, 6.07) is 7.19. The standard InChI is InChI=1S/C13H15N3O2/c1-9-2-3-10(7-14)6-11(9)16-12(17)13(15)4-5-18-8-13/h2-3,6H,4-5,8,15H2,1H3,(H,16,17). The average molecular weight is 245 g/mol. The summed E-state index contributed by atoms with van der Waals surface area (Å²) < 4.78 is 5.16. The molecule has 3 N–H and O–H groups in total. The molecule has 0 radical (unpaired) electrons. The van der Waals surface area contributed by atoms with E-state index in [0.29, 0.717) is 24.3 Å². The number of nitrogens with two attached hydrogens (primary N) is 1. The Bertz CT molecular complexity index is 513. The van der Waals surface area contributed by atoms with Gasteiger partial charge in [0, 0.05) is 12.3 Å². The van der Waals surface area contributed by atoms with Crippen LogP contribution in [0.5, 0.6) is 0 Å². The minimum Gasteiger partial charge on any atom is -0.379 e. The highest BCUT2D eigenvalue weighted by atomic mass is 16.5. The molecule has 0 saturated carbocycles. The normalized spacial score (nSPS) is 22.5. The van der Waals surface area contributed by atoms with Crippen LogP contribution in [-0.2, 0) is 9.53 Å². The zero-order valence-corrected chi connectivity index (χ0v) is 10.2. The second-order valence-electron chi connectivity index (χ2n) is 4.55. The smallest absolute Gasteiger partial charge is 0.246 e. The molecule has 0 aromatic heterocycles. The Kier molecular flexibility index (Phi) is 3.32. The van der Waals surface area contributed by atoms with Crippen molar-refractivity contribution >= 4 is 11.6 Å². The first kappa shape index (κ1) is 12.6. The first-order chi connectivity index (χ1) is 8.55. The Hall–Kier alpha value is -1.90. The van der Waals surface area contributed by atoms with Crippen LogP contribution in [0.15, 0.2) is 18.2 Å². The summed E-state index contributed by atoms with van der Waals surface area (Å²) in [6.07, 6.45) is 0.510. The number of hydrogen-bond donors (Lipinski definition) is 2. The Balaban J connectivity index is 2.19. The summed E-state index contributed by atoms with van der Waals surface area (Å²) in [4.78, 5) is 12.1. The SMILES string of the molecule is Cc1ccc(C#N)cc1NC(=O)C1(N)CCOC1. The Labute approximate surface area is 106 Å². The minimum absolute atomic E-state index is 0.232. The maximum absolute atomic E-state index is 12.1. The largest absolute Gasteiger partial charge is 0.379 e. The quantitative estimate of drug-likeness (QED) is 0.811. The molecule has 0 spiro atoms. The topological polar surface area (TPSA) is 88.1 Å². The number of amides is 1. The monoisotopic (exact) mass is 245 g/mol. The fourth-order valence-electron chi connectivity index (χ4n) is 1.83. The molecule has 94 valence electrons. The van der Waals surface area contributed by atoms with Gasteiger partial charge >= 0.3 is 0 Å². The second kappa shape index (κ2) is 4.77. The van der Waals surface area contributed by atoms with Gasteiger partial charge in [0.1, 0.15) is 5.54 Å². The zero-order chi connectivity index (χ0) is 13.2. The Morgan fingerprint density at radius 2 is 2.39 bits per heavy atom. The number of nitriles is 1. The molecule has 1 aromatic carbocycles. The summed E-state index contributed by atoms with van der Waals surface area (Å²) in [5.74, 6) is -0.266. The molecule has 5 heteroatoms. The van der Waals surface area contributed by atoms with E-state index >= 15 is 0 Å². The maximum Gasteiger partial charge on any atom is 0.246 e. The molecule has 0 aliphatic carbocycles. The van der Waals surface area contributed by atoms with Crippen LogP contribution in [0, 0.1) is 18.3 Å². The zero-order valence-electron chi connectivity index (χ0n) is 10.2. The average Bonchev–Trinajstić information content (AvgIpc) is 2.80. The van der Waals surface area contributed by atoms with E-state index in [9.17, 15) is 4.79 Å². The molecule has 1 unspecified atom stereocenters. The number of carbonyl (C=O) groups excluding carboxylic acids is 1. The van der Waals surface area contributed by atoms with Crippen molar-refractivity contribution in [3.05, 3.63) is 29.3 Å². The molecule has 1 amide bonds. The van der Waals surface area contributed by atoms with Gasteiger partial charge in [0.15, 0.2) is 0 Å². The van der Waals surface area contributed by atoms with Crippen molar-refractivity contribution < 1.29 is 9.53 Å². The number of carbonyl (C=O) groups is 1. The highest BCUT2D eigenvalue weighted by Gasteiger charge is 2.38. The summed E-state index contributed by atoms with van der Waals surface area (Å²) in [7, 11) is 0. The highest BCUT2D eigenvalue weighted by Crippen LogP contribution is 2.21. The van der Waals surface area contributed by atoms with Gasteiger partial charge in [-0.3, -0.25) is 4.79 Å². The fraction of sp³-hybridized carbons (Fsp3) is 0.385. The number of nitrogens with one attached hydrogen (secondary N) is 1. The van der Waals surface area contributed by atoms with Crippen LogP contribution in [0.4, 0.5) is 5.69 Å². The van der Waals surface area contributed by atoms with E-state index in [-0.39, 0.29) is 12.5 Å². The van der Waals surface area contributed by atoms with Gasteiger partial charge in [-0.1, -0.05) is 6.07 Å². The molecule has 0 bridgehead atoms. The van der Waals surface area contributed by atoms with Crippen LogP contribution in [0.25, 0.3) is 0 Å². The summed E-state index contributed by atoms with van der Waals surface area (Å²) >= 11 is 0. The van der Waals surface area contributed by atoms with Gasteiger partial charge in [-0.15, -0.1) is 0 Å². The number of anilines is 1. The third-order valence-electron chi connectivity index (χ3n) is 3.12. The molecule has 18 heavy (non-hydrogen) atoms. The molecule has 1 aliphatic heterocycles. The van der Waals surface area contributed by atoms with E-state index < -0.39 is 5.54 Å². The third-order valence-corrected chi connectivity index (χ3v) is 3.12. The van der Waals surface area contributed by atoms with Crippen molar-refractivity contribution in [1.82, 2.24) is 0 Å². The van der Waals surface area contributed by atoms with Crippen LogP contribution < -0.4 is 11.1 Å². The molecule has 1 fully saturated rings. The Morgan fingerprint density at radius 3 is 3.00 bits per heavy atom. The fourth-order valence-corrected chi connectivity index (χ4v) is 1.83. The lowest BCUT2D eigenvalue weighted by atomic mass is 9.99. The molecule has 1 heterocycles. The Morgan fingerprint density at radius 1 is 1.61 bits per heavy atom. The molecule has 5 nitrogen and oxygen atoms in total. The van der Waals surface area contributed by atoms with E-state index in [4.69, 9.17) is 15.7 Å². The van der Waals surface area contributed by atoms with Gasteiger partial charge in [0.05, 0.1) is 18.2 Å². The van der Waals surface area contributed by atoms with Crippen LogP contribution in [0.1, 0.15) is 17.5 Å². The molecule has 1 atom stereocenters. The molecule has 2 rings (SSSR count). The minimum atomic E-state index is -0.963. The van der Waals surface area contributed by atoms with Gasteiger partial charge in [-0.2, -0.15) is 5.26 Å². The number of nitrogens with zero attached hydrogens (tertiary/aromatic N) is 1. The molecule has 1 saturated heterocycles. The lowest BCUT2D eigenvalue weighted by Gasteiger charge is -2.21. The van der Waals surface area contributed by atoms with Gasteiger partial charge < -0.3 is 15.8 Å². The van der Waals surface area contributed by atoms with Gasteiger partial charge in [0.2, 0.25) is 5.91 Å². The predicted octanol–water partition coefficient (Wildman–Crippen LogP) is 0.923. The van der Waals surface area contributed by atoms with Crippen LogP contribution in [-0.4, -0.2) is 24.7 Å². The van der Waals surface area contributed by atoms with Crippen LogP contribution in [0.2, 0.25) is 0 Å². The van der Waals surface area contributed by atoms with Crippen LogP contribution >= 0.6 is 0 Å². The second-order valence-corrected chi connectivity index (χ2v) is 4.55. The lowest BCUT2D eigenvalue weighted by molar-refractivity contribution is -0.121. The molecule has 1 aromatic rings. The molecular formula is C13H15N3O2. The van der Waals surface area contributed by atoms with E-state index in [1.54, 1.807) is 18.2 Å². The maximum atomic E-state index is 12.1. The van der Waals surface area contributed by atoms with Crippen LogP contribution in [0.3, 0.4) is 0 Å². The third kappa shape index (κ3) is 2.35. The molecule has 1 aliphatic rings. The van der Waals surface area contributed by atoms with Crippen molar-refractivity contribution in [1.29, 1.82) is 5.26 Å². The van der Waals surface area contributed by atoms with Gasteiger partial charge in [-0.25, -0.2) is 0 Å². The number of ether oxygens (including phenoxy) is 1. The summed E-state index contributed by atoms with van der Waals surface area (Å²) in [5, 5.41) is 11.6. The van der Waals surface area contributed by atoms with E-state index in [1.165, 1.54) is 0 Å². The predicted molar refractivity (Wildman–Crippen MR) is 66.9 cm³/mol. The van der Waals surface area contributed by atoms with Crippen molar-refractivity contribution in [3.8, 4) is 6.07 Å². The van der Waals surface area contributed by atoms with E-state index in [0.717, 1.165) is 5.56 Å². The first-order valence-corrected chi connectivity index (χ1v) is 5.74. The van der Waals surface area contributed by atoms with Crippen molar-refractivity contribution in [2.75, 3.05) is 18.5 Å². The van der Waals surface area contributed by atoms with E-state index in [1.807, 2.05) is 13.0 Å². The molecular weight excluding hydrogens is 230 g/mol. The van der Waals surface area contributed by atoms with Crippen molar-refractivity contribution in [2.24, 2.45) is 5.73 Å². The lowest BCUT2D eigenvalue weighted by Crippen LogP contribution is -2.51. The van der Waals surface area contributed by atoms with Crippen molar-refractivity contribution in [2.45, 2.75) is 18.9 Å². The van der Waals surface area contributed by atoms with Gasteiger partial charge in [0.25, 0.3) is 0 Å². The number of hydrogen-bond acceptors (Lipinski definition) is 4. The van der Waals surface area contributed by atoms with E-state index in [2.05, 4.69) is 5.32 Å². The number of aryl methyl sites for hydroxylation is 1. The summed E-state index contributed by atoms with van der Waals surface area (Å²) in [6.45, 7) is 2.60. The first-order valence-electron chi connectivity index (χ1n) is 5.74.